The highest BCUT2D eigenvalue weighted by atomic mass is 35.5. The van der Waals surface area contributed by atoms with E-state index < -0.39 is 23.7 Å². The van der Waals surface area contributed by atoms with Gasteiger partial charge in [-0.15, -0.1) is 12.4 Å². The lowest BCUT2D eigenvalue weighted by molar-refractivity contribution is -0.137. The van der Waals surface area contributed by atoms with Crippen molar-refractivity contribution in [2.45, 2.75) is 32.5 Å². The van der Waals surface area contributed by atoms with Crippen molar-refractivity contribution < 1.29 is 22.8 Å². The molecule has 2 atom stereocenters. The average molecular weight is 408 g/mol. The summed E-state index contributed by atoms with van der Waals surface area (Å²) in [6.07, 6.45) is -3.70. The molecule has 5 nitrogen and oxygen atoms in total. The van der Waals surface area contributed by atoms with Crippen LogP contribution in [0.5, 0.6) is 0 Å². The van der Waals surface area contributed by atoms with Gasteiger partial charge in [-0.3, -0.25) is 9.59 Å². The number of nitrogens with zero attached hydrogens (tertiary/aromatic N) is 2. The minimum atomic E-state index is -4.49. The van der Waals surface area contributed by atoms with E-state index in [1.54, 1.807) is 4.90 Å². The summed E-state index contributed by atoms with van der Waals surface area (Å²) in [4.78, 5) is 27.9. The van der Waals surface area contributed by atoms with Crippen LogP contribution in [0.1, 0.15) is 36.2 Å². The van der Waals surface area contributed by atoms with Gasteiger partial charge >= 0.3 is 6.18 Å². The zero-order valence-corrected chi connectivity index (χ0v) is 16.1. The van der Waals surface area contributed by atoms with Gasteiger partial charge < -0.3 is 15.5 Å². The van der Waals surface area contributed by atoms with Gasteiger partial charge in [-0.1, -0.05) is 26.3 Å². The number of benzene rings is 1. The SMILES string of the molecule is CCC(C)C(N)C(=O)N1CCN(C(=O)c2cccc(C(F)(F)F)c2)CC1.Cl. The molecule has 1 aliphatic heterocycles. The molecule has 2 rings (SSSR count). The quantitative estimate of drug-likeness (QED) is 0.834. The van der Waals surface area contributed by atoms with Crippen LogP contribution in [-0.4, -0.2) is 53.8 Å². The third-order valence-corrected chi connectivity index (χ3v) is 4.86. The fourth-order valence-electron chi connectivity index (χ4n) is 2.85. The highest BCUT2D eigenvalue weighted by Gasteiger charge is 2.32. The first kappa shape index (κ1) is 23.2. The Morgan fingerprint density at radius 1 is 1.15 bits per heavy atom. The maximum atomic E-state index is 12.8. The first-order valence-electron chi connectivity index (χ1n) is 8.66. The van der Waals surface area contributed by atoms with Crippen molar-refractivity contribution >= 4 is 24.2 Å². The Kier molecular flexibility index (Phi) is 8.10. The molecule has 0 radical (unpaired) electrons. The Morgan fingerprint density at radius 2 is 1.70 bits per heavy atom. The maximum absolute atomic E-state index is 12.8. The summed E-state index contributed by atoms with van der Waals surface area (Å²) in [5, 5.41) is 0. The van der Waals surface area contributed by atoms with Crippen LogP contribution < -0.4 is 5.73 Å². The molecule has 1 fully saturated rings. The van der Waals surface area contributed by atoms with E-state index in [4.69, 9.17) is 5.73 Å². The molecule has 0 aliphatic carbocycles. The largest absolute Gasteiger partial charge is 0.416 e. The first-order chi connectivity index (χ1) is 12.1. The van der Waals surface area contributed by atoms with Crippen molar-refractivity contribution in [3.05, 3.63) is 35.4 Å². The lowest BCUT2D eigenvalue weighted by Gasteiger charge is -2.36. The van der Waals surface area contributed by atoms with Crippen molar-refractivity contribution in [3.8, 4) is 0 Å². The fourth-order valence-corrected chi connectivity index (χ4v) is 2.85. The van der Waals surface area contributed by atoms with Crippen LogP contribution in [0.4, 0.5) is 13.2 Å². The van der Waals surface area contributed by atoms with E-state index in [0.717, 1.165) is 18.6 Å². The number of hydrogen-bond donors (Lipinski definition) is 1. The molecular formula is C18H25ClF3N3O2. The minimum Gasteiger partial charge on any atom is -0.338 e. The van der Waals surface area contributed by atoms with E-state index in [2.05, 4.69) is 0 Å². The summed E-state index contributed by atoms with van der Waals surface area (Å²) in [5.41, 5.74) is 5.11. The number of carbonyl (C=O) groups excluding carboxylic acids is 2. The maximum Gasteiger partial charge on any atom is 0.416 e. The van der Waals surface area contributed by atoms with E-state index in [1.165, 1.54) is 17.0 Å². The zero-order chi connectivity index (χ0) is 19.5. The summed E-state index contributed by atoms with van der Waals surface area (Å²) >= 11 is 0. The van der Waals surface area contributed by atoms with Crippen molar-refractivity contribution in [1.29, 1.82) is 0 Å². The van der Waals surface area contributed by atoms with Gasteiger partial charge in [-0.05, 0) is 24.1 Å². The Morgan fingerprint density at radius 3 is 2.22 bits per heavy atom. The highest BCUT2D eigenvalue weighted by molar-refractivity contribution is 5.94. The number of hydrogen-bond acceptors (Lipinski definition) is 3. The smallest absolute Gasteiger partial charge is 0.338 e. The predicted molar refractivity (Wildman–Crippen MR) is 98.6 cm³/mol. The molecule has 1 saturated heterocycles. The second-order valence-electron chi connectivity index (χ2n) is 6.61. The third-order valence-electron chi connectivity index (χ3n) is 4.86. The molecule has 9 heteroatoms. The fraction of sp³-hybridized carbons (Fsp3) is 0.556. The van der Waals surface area contributed by atoms with Gasteiger partial charge in [0.05, 0.1) is 11.6 Å². The molecule has 1 aliphatic rings. The van der Waals surface area contributed by atoms with Crippen molar-refractivity contribution in [2.75, 3.05) is 26.2 Å². The van der Waals surface area contributed by atoms with Crippen LogP contribution in [0.15, 0.2) is 24.3 Å². The third kappa shape index (κ3) is 5.59. The Bertz CT molecular complexity index is 661. The van der Waals surface area contributed by atoms with Crippen molar-refractivity contribution in [1.82, 2.24) is 9.80 Å². The molecule has 2 unspecified atom stereocenters. The van der Waals surface area contributed by atoms with Gasteiger partial charge in [0.15, 0.2) is 0 Å². The lowest BCUT2D eigenvalue weighted by atomic mass is 9.98. The van der Waals surface area contributed by atoms with Crippen molar-refractivity contribution in [3.63, 3.8) is 0 Å². The number of amides is 2. The number of alkyl halides is 3. The molecule has 0 bridgehead atoms. The van der Waals surface area contributed by atoms with Gasteiger partial charge in [0.2, 0.25) is 5.91 Å². The first-order valence-corrected chi connectivity index (χ1v) is 8.66. The molecule has 2 N–H and O–H groups in total. The van der Waals surface area contributed by atoms with Gasteiger partial charge in [0.1, 0.15) is 0 Å². The van der Waals surface area contributed by atoms with Crippen LogP contribution in [0, 0.1) is 5.92 Å². The summed E-state index contributed by atoms with van der Waals surface area (Å²) < 4.78 is 38.4. The van der Waals surface area contributed by atoms with E-state index in [1.807, 2.05) is 13.8 Å². The number of carbonyl (C=O) groups is 2. The van der Waals surface area contributed by atoms with Crippen LogP contribution >= 0.6 is 12.4 Å². The highest BCUT2D eigenvalue weighted by Crippen LogP contribution is 2.29. The molecule has 0 saturated carbocycles. The second kappa shape index (κ2) is 9.41. The molecule has 1 aromatic rings. The predicted octanol–water partition coefficient (Wildman–Crippen LogP) is 2.79. The van der Waals surface area contributed by atoms with E-state index in [-0.39, 0.29) is 42.9 Å². The minimum absolute atomic E-state index is 0. The molecule has 0 spiro atoms. The molecule has 1 heterocycles. The number of rotatable bonds is 4. The molecule has 152 valence electrons. The van der Waals surface area contributed by atoms with Crippen LogP contribution in [0.25, 0.3) is 0 Å². The molecular weight excluding hydrogens is 383 g/mol. The number of nitrogens with two attached hydrogens (primary N) is 1. The second-order valence-corrected chi connectivity index (χ2v) is 6.61. The van der Waals surface area contributed by atoms with Crippen LogP contribution in [0.3, 0.4) is 0 Å². The van der Waals surface area contributed by atoms with Gasteiger partial charge in [0, 0.05) is 31.7 Å². The molecule has 0 aromatic heterocycles. The normalized spacial score (nSPS) is 17.1. The molecule has 2 amide bonds. The summed E-state index contributed by atoms with van der Waals surface area (Å²) in [5.74, 6) is -0.549. The lowest BCUT2D eigenvalue weighted by Crippen LogP contribution is -2.55. The topological polar surface area (TPSA) is 66.6 Å². The van der Waals surface area contributed by atoms with E-state index >= 15 is 0 Å². The van der Waals surface area contributed by atoms with E-state index in [0.29, 0.717) is 13.1 Å². The summed E-state index contributed by atoms with van der Waals surface area (Å²) in [7, 11) is 0. The monoisotopic (exact) mass is 407 g/mol. The van der Waals surface area contributed by atoms with Crippen LogP contribution in [0.2, 0.25) is 0 Å². The Balaban J connectivity index is 0.00000364. The van der Waals surface area contributed by atoms with E-state index in [9.17, 15) is 22.8 Å². The number of halogens is 4. The summed E-state index contributed by atoms with van der Waals surface area (Å²) in [6, 6.07) is 3.81. The Labute approximate surface area is 163 Å². The zero-order valence-electron chi connectivity index (χ0n) is 15.3. The molecule has 27 heavy (non-hydrogen) atoms. The van der Waals surface area contributed by atoms with Crippen LogP contribution in [-0.2, 0) is 11.0 Å². The Hall–Kier alpha value is -1.80. The summed E-state index contributed by atoms with van der Waals surface area (Å²) in [6.45, 7) is 5.07. The van der Waals surface area contributed by atoms with Gasteiger partial charge in [0.25, 0.3) is 5.91 Å². The average Bonchev–Trinajstić information content (AvgIpc) is 2.65. The van der Waals surface area contributed by atoms with Gasteiger partial charge in [-0.25, -0.2) is 0 Å². The van der Waals surface area contributed by atoms with Crippen molar-refractivity contribution in [2.24, 2.45) is 11.7 Å². The molecule has 1 aromatic carbocycles. The number of piperazine rings is 1. The standard InChI is InChI=1S/C18H24F3N3O2.ClH/c1-3-12(2)15(22)17(26)24-9-7-23(8-10-24)16(25)13-5-4-6-14(11-13)18(19,20)21;/h4-6,11-12,15H,3,7-10,22H2,1-2H3;1H. The van der Waals surface area contributed by atoms with Gasteiger partial charge in [-0.2, -0.15) is 13.2 Å².